The zero-order valence-corrected chi connectivity index (χ0v) is 21.6. The normalized spacial score (nSPS) is 16.7. The maximum absolute atomic E-state index is 4.90. The quantitative estimate of drug-likeness (QED) is 0.307. The zero-order chi connectivity index (χ0) is 21.3. The van der Waals surface area contributed by atoms with Crippen molar-refractivity contribution in [2.75, 3.05) is 40.3 Å². The number of halogens is 1. The number of nitrogens with one attached hydrogen (secondary N) is 2. The van der Waals surface area contributed by atoms with Gasteiger partial charge in [0.05, 0.1) is 18.8 Å². The summed E-state index contributed by atoms with van der Waals surface area (Å²) in [4.78, 5) is 9.65. The third-order valence-electron chi connectivity index (χ3n) is 5.68. The highest BCUT2D eigenvalue weighted by Crippen LogP contribution is 2.18. The predicted molar refractivity (Wildman–Crippen MR) is 139 cm³/mol. The number of likely N-dealkylation sites (tertiary alicyclic amines) is 1. The first-order valence-corrected chi connectivity index (χ1v) is 11.0. The average molecular weight is 540 g/mol. The Hall–Kier alpha value is -1.65. The Kier molecular flexibility index (Phi) is 10.8. The molecule has 3 rings (SSSR count). The molecule has 2 aromatic rings. The molecule has 1 aromatic heterocycles. The van der Waals surface area contributed by atoms with Crippen molar-refractivity contribution in [2.45, 2.75) is 38.4 Å². The monoisotopic (exact) mass is 539 g/mol. The zero-order valence-electron chi connectivity index (χ0n) is 19.3. The molecule has 1 aliphatic heterocycles. The molecule has 31 heavy (non-hydrogen) atoms. The molecule has 1 unspecified atom stereocenters. The van der Waals surface area contributed by atoms with Gasteiger partial charge in [-0.2, -0.15) is 5.10 Å². The molecule has 2 N–H and O–H groups in total. The van der Waals surface area contributed by atoms with Crippen LogP contribution >= 0.6 is 24.0 Å². The summed E-state index contributed by atoms with van der Waals surface area (Å²) >= 11 is 0. The molecular weight excluding hydrogens is 501 g/mol. The maximum atomic E-state index is 4.90. The lowest BCUT2D eigenvalue weighted by molar-refractivity contribution is 0.198. The molecule has 0 bridgehead atoms. The van der Waals surface area contributed by atoms with Crippen molar-refractivity contribution in [3.8, 4) is 0 Å². The van der Waals surface area contributed by atoms with Gasteiger partial charge in [0, 0.05) is 51.0 Å². The van der Waals surface area contributed by atoms with Crippen LogP contribution in [0.5, 0.6) is 0 Å². The van der Waals surface area contributed by atoms with Crippen LogP contribution in [-0.2, 0) is 13.6 Å². The van der Waals surface area contributed by atoms with Gasteiger partial charge in [-0.05, 0) is 39.4 Å². The van der Waals surface area contributed by atoms with Crippen molar-refractivity contribution in [3.05, 3.63) is 53.9 Å². The second kappa shape index (κ2) is 13.0. The van der Waals surface area contributed by atoms with E-state index >= 15 is 0 Å². The maximum Gasteiger partial charge on any atom is 0.191 e. The minimum Gasteiger partial charge on any atom is -0.357 e. The third kappa shape index (κ3) is 8.08. The molecule has 1 atom stereocenters. The number of hydrogen-bond acceptors (Lipinski definition) is 4. The van der Waals surface area contributed by atoms with Gasteiger partial charge in [-0.25, -0.2) is 0 Å². The van der Waals surface area contributed by atoms with Crippen LogP contribution in [0.3, 0.4) is 0 Å². The molecule has 1 saturated heterocycles. The van der Waals surface area contributed by atoms with E-state index in [1.165, 1.54) is 11.1 Å². The first-order chi connectivity index (χ1) is 14.5. The Labute approximate surface area is 204 Å². The summed E-state index contributed by atoms with van der Waals surface area (Å²) in [5.41, 5.74) is 2.58. The first-order valence-electron chi connectivity index (χ1n) is 11.0. The average Bonchev–Trinajstić information content (AvgIpc) is 3.16. The standard InChI is InChI=1S/C23H37N7.HI/c1-5-24-23(25-16-22(28(2)3)20-15-26-29(4)18-20)27-21-11-13-30(14-12-21)17-19-9-7-6-8-10-19;/h6-10,15,18,21-22H,5,11-14,16-17H2,1-4H3,(H2,24,25,27);1H. The van der Waals surface area contributed by atoms with E-state index in [1.54, 1.807) is 0 Å². The number of aryl methyl sites for hydroxylation is 1. The van der Waals surface area contributed by atoms with Crippen LogP contribution in [0, 0.1) is 0 Å². The smallest absolute Gasteiger partial charge is 0.191 e. The summed E-state index contributed by atoms with van der Waals surface area (Å²) in [5.74, 6) is 0.912. The lowest BCUT2D eigenvalue weighted by Gasteiger charge is -2.33. The molecule has 8 heteroatoms. The van der Waals surface area contributed by atoms with E-state index in [0.29, 0.717) is 12.6 Å². The Morgan fingerprint density at radius 1 is 1.23 bits per heavy atom. The molecular formula is C23H38IN7. The van der Waals surface area contributed by atoms with Crippen LogP contribution in [-0.4, -0.2) is 71.9 Å². The molecule has 1 aromatic carbocycles. The lowest BCUT2D eigenvalue weighted by Crippen LogP contribution is -2.48. The highest BCUT2D eigenvalue weighted by molar-refractivity contribution is 14.0. The minimum atomic E-state index is 0. The fourth-order valence-corrected chi connectivity index (χ4v) is 3.95. The van der Waals surface area contributed by atoms with Gasteiger partial charge in [0.25, 0.3) is 0 Å². The van der Waals surface area contributed by atoms with Gasteiger partial charge in [-0.15, -0.1) is 24.0 Å². The number of rotatable bonds is 8. The number of guanidine groups is 1. The Morgan fingerprint density at radius 2 is 1.94 bits per heavy atom. The molecule has 0 aliphatic carbocycles. The van der Waals surface area contributed by atoms with Crippen LogP contribution in [0.1, 0.15) is 36.9 Å². The van der Waals surface area contributed by atoms with Crippen molar-refractivity contribution >= 4 is 29.9 Å². The topological polar surface area (TPSA) is 60.7 Å². The number of hydrogen-bond donors (Lipinski definition) is 2. The van der Waals surface area contributed by atoms with Crippen molar-refractivity contribution in [1.82, 2.24) is 30.2 Å². The molecule has 1 fully saturated rings. The molecule has 1 aliphatic rings. The van der Waals surface area contributed by atoms with Gasteiger partial charge in [-0.1, -0.05) is 30.3 Å². The molecule has 0 saturated carbocycles. The number of benzene rings is 1. The fraction of sp³-hybridized carbons (Fsp3) is 0.565. The molecule has 0 spiro atoms. The number of piperidine rings is 1. The SMILES string of the molecule is CCNC(=NCC(c1cnn(C)c1)N(C)C)NC1CCN(Cc2ccccc2)CC1.I. The summed E-state index contributed by atoms with van der Waals surface area (Å²) < 4.78 is 1.85. The van der Waals surface area contributed by atoms with Crippen molar-refractivity contribution in [3.63, 3.8) is 0 Å². The Bertz CT molecular complexity index is 782. The lowest BCUT2D eigenvalue weighted by atomic mass is 10.0. The second-order valence-electron chi connectivity index (χ2n) is 8.33. The molecule has 7 nitrogen and oxygen atoms in total. The van der Waals surface area contributed by atoms with E-state index in [-0.39, 0.29) is 30.0 Å². The van der Waals surface area contributed by atoms with E-state index in [2.05, 4.69) is 83.1 Å². The summed E-state index contributed by atoms with van der Waals surface area (Å²) in [5, 5.41) is 11.4. The van der Waals surface area contributed by atoms with E-state index in [0.717, 1.165) is 45.0 Å². The fourth-order valence-electron chi connectivity index (χ4n) is 3.95. The van der Waals surface area contributed by atoms with Gasteiger partial charge in [0.1, 0.15) is 0 Å². The summed E-state index contributed by atoms with van der Waals surface area (Å²) in [6.07, 6.45) is 6.28. The van der Waals surface area contributed by atoms with Gasteiger partial charge < -0.3 is 15.5 Å². The number of likely N-dealkylation sites (N-methyl/N-ethyl adjacent to an activating group) is 1. The molecule has 2 heterocycles. The van der Waals surface area contributed by atoms with Gasteiger partial charge in [0.2, 0.25) is 0 Å². The van der Waals surface area contributed by atoms with Crippen LogP contribution in [0.25, 0.3) is 0 Å². The van der Waals surface area contributed by atoms with Crippen LogP contribution < -0.4 is 10.6 Å². The van der Waals surface area contributed by atoms with Gasteiger partial charge in [-0.3, -0.25) is 14.6 Å². The van der Waals surface area contributed by atoms with E-state index < -0.39 is 0 Å². The van der Waals surface area contributed by atoms with Crippen LogP contribution in [0.2, 0.25) is 0 Å². The highest BCUT2D eigenvalue weighted by atomic mass is 127. The molecule has 172 valence electrons. The van der Waals surface area contributed by atoms with Gasteiger partial charge in [0.15, 0.2) is 5.96 Å². The largest absolute Gasteiger partial charge is 0.357 e. The van der Waals surface area contributed by atoms with Gasteiger partial charge >= 0.3 is 0 Å². The van der Waals surface area contributed by atoms with Crippen molar-refractivity contribution in [1.29, 1.82) is 0 Å². The van der Waals surface area contributed by atoms with E-state index in [4.69, 9.17) is 4.99 Å². The summed E-state index contributed by atoms with van der Waals surface area (Å²) in [6.45, 7) is 6.94. The van der Waals surface area contributed by atoms with Crippen molar-refractivity contribution < 1.29 is 0 Å². The predicted octanol–water partition coefficient (Wildman–Crippen LogP) is 2.86. The second-order valence-corrected chi connectivity index (χ2v) is 8.33. The number of aromatic nitrogens is 2. The third-order valence-corrected chi connectivity index (χ3v) is 5.68. The summed E-state index contributed by atoms with van der Waals surface area (Å²) in [6, 6.07) is 11.4. The van der Waals surface area contributed by atoms with Crippen LogP contribution in [0.15, 0.2) is 47.7 Å². The number of nitrogens with zero attached hydrogens (tertiary/aromatic N) is 5. The van der Waals surface area contributed by atoms with Crippen molar-refractivity contribution in [2.24, 2.45) is 12.0 Å². The highest BCUT2D eigenvalue weighted by Gasteiger charge is 2.21. The molecule has 0 amide bonds. The molecule has 0 radical (unpaired) electrons. The summed E-state index contributed by atoms with van der Waals surface area (Å²) in [7, 11) is 6.14. The van der Waals surface area contributed by atoms with E-state index in [1.807, 2.05) is 17.9 Å². The van der Waals surface area contributed by atoms with Crippen LogP contribution in [0.4, 0.5) is 0 Å². The Balaban J connectivity index is 0.00000341. The van der Waals surface area contributed by atoms with E-state index in [9.17, 15) is 0 Å². The Morgan fingerprint density at radius 3 is 2.52 bits per heavy atom. The number of aliphatic imine (C=N–C) groups is 1. The first kappa shape index (κ1) is 25.6. The minimum absolute atomic E-state index is 0.